The molecule has 19 heavy (non-hydrogen) atoms. The minimum Gasteiger partial charge on any atom is -0.464 e. The largest absolute Gasteiger partial charge is 0.464 e. The lowest BCUT2D eigenvalue weighted by molar-refractivity contribution is -0.153. The first-order chi connectivity index (χ1) is 9.02. The fraction of sp³-hybridized carbons (Fsp3) is 0.385. The van der Waals surface area contributed by atoms with Gasteiger partial charge >= 0.3 is 5.97 Å². The first-order valence-electron chi connectivity index (χ1n) is 6.02. The maximum atomic E-state index is 11.5. The molecule has 0 aromatic heterocycles. The highest BCUT2D eigenvalue weighted by Crippen LogP contribution is 2.31. The highest BCUT2D eigenvalue weighted by Gasteiger charge is 2.23. The van der Waals surface area contributed by atoms with E-state index in [0.29, 0.717) is 11.3 Å². The van der Waals surface area contributed by atoms with E-state index in [1.54, 1.807) is 37.1 Å². The second kappa shape index (κ2) is 5.27. The van der Waals surface area contributed by atoms with Crippen LogP contribution < -0.4 is 10.2 Å². The zero-order valence-electron chi connectivity index (χ0n) is 10.8. The van der Waals surface area contributed by atoms with Crippen LogP contribution in [0.3, 0.4) is 0 Å². The highest BCUT2D eigenvalue weighted by atomic mass is 16.5. The second-order valence-electron chi connectivity index (χ2n) is 4.34. The fourth-order valence-corrected chi connectivity index (χ4v) is 1.99. The van der Waals surface area contributed by atoms with Gasteiger partial charge in [-0.05, 0) is 24.6 Å². The molecule has 1 aliphatic heterocycles. The van der Waals surface area contributed by atoms with Crippen LogP contribution in [-0.4, -0.2) is 37.2 Å². The van der Waals surface area contributed by atoms with Crippen molar-refractivity contribution >= 4 is 23.3 Å². The van der Waals surface area contributed by atoms with E-state index in [0.717, 1.165) is 5.69 Å². The number of aliphatic hydroxyl groups excluding tert-OH is 1. The van der Waals surface area contributed by atoms with Crippen molar-refractivity contribution in [2.24, 2.45) is 0 Å². The quantitative estimate of drug-likeness (QED) is 0.784. The SMILES string of the molecule is CCOC(=O)C(O)c1ccc2c(c1)N(C)CC(=O)N2. The molecule has 102 valence electrons. The zero-order chi connectivity index (χ0) is 14.0. The van der Waals surface area contributed by atoms with E-state index >= 15 is 0 Å². The van der Waals surface area contributed by atoms with Crippen molar-refractivity contribution in [3.63, 3.8) is 0 Å². The Morgan fingerprint density at radius 1 is 1.58 bits per heavy atom. The minimum absolute atomic E-state index is 0.0892. The Balaban J connectivity index is 2.28. The maximum Gasteiger partial charge on any atom is 0.339 e. The maximum absolute atomic E-state index is 11.5. The molecule has 0 radical (unpaired) electrons. The number of anilines is 2. The molecule has 0 bridgehead atoms. The Hall–Kier alpha value is -2.08. The molecule has 0 aliphatic carbocycles. The van der Waals surface area contributed by atoms with Gasteiger partial charge in [0.15, 0.2) is 6.10 Å². The predicted molar refractivity (Wildman–Crippen MR) is 69.9 cm³/mol. The number of likely N-dealkylation sites (N-methyl/N-ethyl adjacent to an activating group) is 1. The number of benzene rings is 1. The summed E-state index contributed by atoms with van der Waals surface area (Å²) in [4.78, 5) is 24.6. The molecule has 1 heterocycles. The van der Waals surface area contributed by atoms with Crippen LogP contribution in [0.1, 0.15) is 18.6 Å². The van der Waals surface area contributed by atoms with E-state index in [1.807, 2.05) is 0 Å². The molecule has 2 N–H and O–H groups in total. The summed E-state index contributed by atoms with van der Waals surface area (Å²) in [5.74, 6) is -0.765. The summed E-state index contributed by atoms with van der Waals surface area (Å²) in [5.41, 5.74) is 1.87. The van der Waals surface area contributed by atoms with E-state index in [4.69, 9.17) is 4.74 Å². The van der Waals surface area contributed by atoms with Gasteiger partial charge in [-0.1, -0.05) is 6.07 Å². The molecule has 6 heteroatoms. The predicted octanol–water partition coefficient (Wildman–Crippen LogP) is 0.671. The monoisotopic (exact) mass is 264 g/mol. The second-order valence-corrected chi connectivity index (χ2v) is 4.34. The average Bonchev–Trinajstić information content (AvgIpc) is 2.37. The number of hydrogen-bond donors (Lipinski definition) is 2. The van der Waals surface area contributed by atoms with Crippen LogP contribution in [0, 0.1) is 0 Å². The van der Waals surface area contributed by atoms with Crippen LogP contribution in [0.4, 0.5) is 11.4 Å². The van der Waals surface area contributed by atoms with Crippen molar-refractivity contribution in [3.8, 4) is 0 Å². The fourth-order valence-electron chi connectivity index (χ4n) is 1.99. The summed E-state index contributed by atoms with van der Waals surface area (Å²) < 4.78 is 4.77. The van der Waals surface area contributed by atoms with E-state index in [1.165, 1.54) is 0 Å². The lowest BCUT2D eigenvalue weighted by Crippen LogP contribution is -2.35. The van der Waals surface area contributed by atoms with E-state index < -0.39 is 12.1 Å². The molecule has 1 aromatic carbocycles. The zero-order valence-corrected chi connectivity index (χ0v) is 10.8. The van der Waals surface area contributed by atoms with Crippen molar-refractivity contribution in [1.82, 2.24) is 0 Å². The summed E-state index contributed by atoms with van der Waals surface area (Å²) in [6.45, 7) is 2.14. The summed E-state index contributed by atoms with van der Waals surface area (Å²) in [6.07, 6.45) is -1.31. The van der Waals surface area contributed by atoms with E-state index in [9.17, 15) is 14.7 Å². The number of carbonyl (C=O) groups is 2. The van der Waals surface area contributed by atoms with Crippen LogP contribution in [0.15, 0.2) is 18.2 Å². The number of esters is 1. The molecular weight excluding hydrogens is 248 g/mol. The molecule has 1 amide bonds. The number of fused-ring (bicyclic) bond motifs is 1. The number of carbonyl (C=O) groups excluding carboxylic acids is 2. The molecule has 0 spiro atoms. The smallest absolute Gasteiger partial charge is 0.339 e. The van der Waals surface area contributed by atoms with Crippen LogP contribution in [0.5, 0.6) is 0 Å². The lowest BCUT2D eigenvalue weighted by Gasteiger charge is -2.28. The highest BCUT2D eigenvalue weighted by molar-refractivity contribution is 6.01. The van der Waals surface area contributed by atoms with Crippen molar-refractivity contribution < 1.29 is 19.4 Å². The Kier molecular flexibility index (Phi) is 3.71. The number of nitrogens with zero attached hydrogens (tertiary/aromatic N) is 1. The van der Waals surface area contributed by atoms with Crippen molar-refractivity contribution in [2.75, 3.05) is 30.4 Å². The van der Waals surface area contributed by atoms with Gasteiger partial charge in [-0.2, -0.15) is 0 Å². The number of ether oxygens (including phenoxy) is 1. The van der Waals surface area contributed by atoms with Crippen LogP contribution in [0.2, 0.25) is 0 Å². The van der Waals surface area contributed by atoms with Crippen molar-refractivity contribution in [3.05, 3.63) is 23.8 Å². The Morgan fingerprint density at radius 2 is 2.32 bits per heavy atom. The van der Waals surface area contributed by atoms with E-state index in [2.05, 4.69) is 5.32 Å². The summed E-state index contributed by atoms with van der Waals surface area (Å²) in [5, 5.41) is 12.6. The Labute approximate surface area is 111 Å². The van der Waals surface area contributed by atoms with Gasteiger partial charge in [-0.25, -0.2) is 4.79 Å². The molecule has 1 aromatic rings. The third-order valence-electron chi connectivity index (χ3n) is 2.91. The molecule has 1 unspecified atom stereocenters. The van der Waals surface area contributed by atoms with Crippen molar-refractivity contribution in [1.29, 1.82) is 0 Å². The van der Waals surface area contributed by atoms with Crippen LogP contribution in [-0.2, 0) is 14.3 Å². The Morgan fingerprint density at radius 3 is 3.00 bits per heavy atom. The van der Waals surface area contributed by atoms with Gasteiger partial charge in [-0.3, -0.25) is 4.79 Å². The average molecular weight is 264 g/mol. The third kappa shape index (κ3) is 2.68. The molecule has 6 nitrogen and oxygen atoms in total. The topological polar surface area (TPSA) is 78.9 Å². The molecule has 1 atom stereocenters. The molecular formula is C13H16N2O4. The molecule has 0 saturated carbocycles. The number of nitrogens with one attached hydrogen (secondary N) is 1. The van der Waals surface area contributed by atoms with Gasteiger partial charge < -0.3 is 20.1 Å². The molecule has 2 rings (SSSR count). The summed E-state index contributed by atoms with van der Waals surface area (Å²) in [7, 11) is 1.78. The standard InChI is InChI=1S/C13H16N2O4/c1-3-19-13(18)12(17)8-4-5-9-10(6-8)15(2)7-11(16)14-9/h4-6,12,17H,3,7H2,1-2H3,(H,14,16). The van der Waals surface area contributed by atoms with Gasteiger partial charge in [0.2, 0.25) is 5.91 Å². The number of amides is 1. The molecule has 0 saturated heterocycles. The summed E-state index contributed by atoms with van der Waals surface area (Å²) >= 11 is 0. The van der Waals surface area contributed by atoms with Gasteiger partial charge in [-0.15, -0.1) is 0 Å². The first kappa shape index (κ1) is 13.4. The van der Waals surface area contributed by atoms with Crippen molar-refractivity contribution in [2.45, 2.75) is 13.0 Å². The van der Waals surface area contributed by atoms with Gasteiger partial charge in [0, 0.05) is 7.05 Å². The normalized spacial score (nSPS) is 15.5. The third-order valence-corrected chi connectivity index (χ3v) is 2.91. The van der Waals surface area contributed by atoms with Crippen LogP contribution in [0.25, 0.3) is 0 Å². The molecule has 1 aliphatic rings. The first-order valence-corrected chi connectivity index (χ1v) is 6.02. The lowest BCUT2D eigenvalue weighted by atomic mass is 10.1. The van der Waals surface area contributed by atoms with E-state index in [-0.39, 0.29) is 19.1 Å². The number of hydrogen-bond acceptors (Lipinski definition) is 5. The number of aliphatic hydroxyl groups is 1. The summed E-state index contributed by atoms with van der Waals surface area (Å²) in [6, 6.07) is 4.94. The molecule has 0 fully saturated rings. The Bertz CT molecular complexity index is 515. The minimum atomic E-state index is -1.31. The van der Waals surface area contributed by atoms with Gasteiger partial charge in [0.05, 0.1) is 24.5 Å². The number of rotatable bonds is 3. The van der Waals surface area contributed by atoms with Gasteiger partial charge in [0.1, 0.15) is 0 Å². The van der Waals surface area contributed by atoms with Gasteiger partial charge in [0.25, 0.3) is 0 Å². The van der Waals surface area contributed by atoms with Crippen LogP contribution >= 0.6 is 0 Å².